The largest absolute Gasteiger partial charge is 0.476 e. The zero-order chi connectivity index (χ0) is 17.1. The van der Waals surface area contributed by atoms with Crippen LogP contribution in [-0.4, -0.2) is 39.5 Å². The molecule has 1 atom stereocenters. The number of piperidine rings is 1. The minimum Gasteiger partial charge on any atom is -0.476 e. The molecule has 7 nitrogen and oxygen atoms in total. The molecule has 1 aromatic heterocycles. The van der Waals surface area contributed by atoms with Gasteiger partial charge in [-0.25, -0.2) is 19.2 Å². The van der Waals surface area contributed by atoms with Gasteiger partial charge in [-0.3, -0.25) is 4.79 Å². The van der Waals surface area contributed by atoms with E-state index in [4.69, 9.17) is 5.11 Å². The Morgan fingerprint density at radius 3 is 2.75 bits per heavy atom. The zero-order valence-electron chi connectivity index (χ0n) is 12.6. The van der Waals surface area contributed by atoms with Gasteiger partial charge in [-0.2, -0.15) is 0 Å². The van der Waals surface area contributed by atoms with Gasteiger partial charge in [0.05, 0.1) is 18.1 Å². The predicted octanol–water partition coefficient (Wildman–Crippen LogP) is 1.92. The van der Waals surface area contributed by atoms with E-state index >= 15 is 0 Å². The normalized spacial score (nSPS) is 17.6. The van der Waals surface area contributed by atoms with Crippen LogP contribution in [-0.2, 0) is 4.79 Å². The summed E-state index contributed by atoms with van der Waals surface area (Å²) in [5, 5.41) is 11.7. The Kier molecular flexibility index (Phi) is 4.37. The van der Waals surface area contributed by atoms with Crippen LogP contribution >= 0.6 is 0 Å². The third kappa shape index (κ3) is 3.17. The van der Waals surface area contributed by atoms with Crippen LogP contribution in [0.4, 0.5) is 15.9 Å². The first-order chi connectivity index (χ1) is 11.6. The van der Waals surface area contributed by atoms with Crippen LogP contribution < -0.4 is 10.2 Å². The number of halogens is 1. The fourth-order valence-electron chi connectivity index (χ4n) is 2.61. The highest BCUT2D eigenvalue weighted by Crippen LogP contribution is 2.25. The monoisotopic (exact) mass is 330 g/mol. The van der Waals surface area contributed by atoms with Gasteiger partial charge in [-0.05, 0) is 25.0 Å². The SMILES string of the molecule is O=C(O)c1cnc(NC2CCCN(c3ccccc3F)C2=O)cn1. The highest BCUT2D eigenvalue weighted by molar-refractivity contribution is 5.99. The molecule has 0 spiro atoms. The summed E-state index contributed by atoms with van der Waals surface area (Å²) in [5.41, 5.74) is 0.0739. The van der Waals surface area contributed by atoms with Crippen LogP contribution in [0, 0.1) is 5.82 Å². The molecule has 8 heteroatoms. The molecular formula is C16H15FN4O3. The van der Waals surface area contributed by atoms with E-state index in [-0.39, 0.29) is 17.3 Å². The molecule has 0 aliphatic carbocycles. The van der Waals surface area contributed by atoms with E-state index in [0.717, 1.165) is 6.20 Å². The van der Waals surface area contributed by atoms with Gasteiger partial charge < -0.3 is 15.3 Å². The van der Waals surface area contributed by atoms with Gasteiger partial charge in [-0.1, -0.05) is 12.1 Å². The summed E-state index contributed by atoms with van der Waals surface area (Å²) >= 11 is 0. The molecule has 1 aliphatic rings. The number of carbonyl (C=O) groups excluding carboxylic acids is 1. The fraction of sp³-hybridized carbons (Fsp3) is 0.250. The van der Waals surface area contributed by atoms with Gasteiger partial charge >= 0.3 is 5.97 Å². The van der Waals surface area contributed by atoms with E-state index in [1.54, 1.807) is 18.2 Å². The number of nitrogens with one attached hydrogen (secondary N) is 1. The van der Waals surface area contributed by atoms with Crippen molar-refractivity contribution in [1.29, 1.82) is 0 Å². The summed E-state index contributed by atoms with van der Waals surface area (Å²) in [7, 11) is 0. The lowest BCUT2D eigenvalue weighted by molar-refractivity contribution is -0.120. The third-order valence-corrected chi connectivity index (χ3v) is 3.77. The summed E-state index contributed by atoms with van der Waals surface area (Å²) in [6.07, 6.45) is 3.66. The minimum atomic E-state index is -1.17. The molecule has 1 fully saturated rings. The minimum absolute atomic E-state index is 0.177. The average Bonchev–Trinajstić information content (AvgIpc) is 2.58. The Morgan fingerprint density at radius 1 is 1.29 bits per heavy atom. The fourth-order valence-corrected chi connectivity index (χ4v) is 2.61. The lowest BCUT2D eigenvalue weighted by atomic mass is 10.0. The molecule has 124 valence electrons. The third-order valence-electron chi connectivity index (χ3n) is 3.77. The maximum atomic E-state index is 13.9. The van der Waals surface area contributed by atoms with Gasteiger partial charge in [0.25, 0.3) is 0 Å². The Bertz CT molecular complexity index is 766. The van der Waals surface area contributed by atoms with Gasteiger partial charge in [-0.15, -0.1) is 0 Å². The number of carboxylic acid groups (broad SMARTS) is 1. The molecular weight excluding hydrogens is 315 g/mol. The Balaban J connectivity index is 1.75. The molecule has 24 heavy (non-hydrogen) atoms. The second-order valence-corrected chi connectivity index (χ2v) is 5.37. The molecule has 0 saturated carbocycles. The number of nitrogens with zero attached hydrogens (tertiary/aromatic N) is 3. The predicted molar refractivity (Wildman–Crippen MR) is 84.4 cm³/mol. The van der Waals surface area contributed by atoms with Crippen molar-refractivity contribution >= 4 is 23.4 Å². The van der Waals surface area contributed by atoms with Crippen molar-refractivity contribution in [1.82, 2.24) is 9.97 Å². The molecule has 1 amide bonds. The van der Waals surface area contributed by atoms with Crippen molar-refractivity contribution in [3.63, 3.8) is 0 Å². The van der Waals surface area contributed by atoms with Crippen LogP contribution in [0.1, 0.15) is 23.3 Å². The number of carbonyl (C=O) groups is 2. The van der Waals surface area contributed by atoms with Crippen LogP contribution in [0.3, 0.4) is 0 Å². The van der Waals surface area contributed by atoms with E-state index in [0.29, 0.717) is 25.2 Å². The number of rotatable bonds is 4. The van der Waals surface area contributed by atoms with Crippen molar-refractivity contribution in [2.75, 3.05) is 16.8 Å². The number of aromatic carboxylic acids is 1. The highest BCUT2D eigenvalue weighted by atomic mass is 19.1. The molecule has 0 bridgehead atoms. The van der Waals surface area contributed by atoms with E-state index in [1.807, 2.05) is 0 Å². The second kappa shape index (κ2) is 6.61. The van der Waals surface area contributed by atoms with Crippen molar-refractivity contribution in [2.24, 2.45) is 0 Å². The van der Waals surface area contributed by atoms with Crippen LogP contribution in [0.2, 0.25) is 0 Å². The van der Waals surface area contributed by atoms with Gasteiger partial charge in [0.2, 0.25) is 5.91 Å². The molecule has 2 heterocycles. The standard InChI is InChI=1S/C16H15FN4O3/c17-10-4-1-2-6-13(10)21-7-3-5-11(15(21)22)20-14-9-18-12(8-19-14)16(23)24/h1-2,4,6,8-9,11H,3,5,7H2,(H,19,20)(H,23,24). The number of carboxylic acids is 1. The van der Waals surface area contributed by atoms with E-state index in [1.165, 1.54) is 17.2 Å². The second-order valence-electron chi connectivity index (χ2n) is 5.37. The van der Waals surface area contributed by atoms with Crippen molar-refractivity contribution < 1.29 is 19.1 Å². The van der Waals surface area contributed by atoms with Gasteiger partial charge in [0.15, 0.2) is 5.69 Å². The lowest BCUT2D eigenvalue weighted by Gasteiger charge is -2.33. The molecule has 2 N–H and O–H groups in total. The zero-order valence-corrected chi connectivity index (χ0v) is 12.6. The number of aromatic nitrogens is 2. The Hall–Kier alpha value is -3.03. The number of para-hydroxylation sites is 1. The molecule has 1 aromatic carbocycles. The van der Waals surface area contributed by atoms with E-state index in [2.05, 4.69) is 15.3 Å². The summed E-state index contributed by atoms with van der Waals surface area (Å²) in [5.74, 6) is -1.57. The maximum absolute atomic E-state index is 13.9. The molecule has 0 radical (unpaired) electrons. The van der Waals surface area contributed by atoms with Gasteiger partial charge in [0, 0.05) is 6.54 Å². The smallest absolute Gasteiger partial charge is 0.356 e. The lowest BCUT2D eigenvalue weighted by Crippen LogP contribution is -2.48. The number of anilines is 2. The maximum Gasteiger partial charge on any atom is 0.356 e. The summed E-state index contributed by atoms with van der Waals surface area (Å²) in [6, 6.07) is 5.57. The van der Waals surface area contributed by atoms with E-state index < -0.39 is 17.8 Å². The first-order valence-electron chi connectivity index (χ1n) is 7.44. The first kappa shape index (κ1) is 15.9. The molecule has 1 unspecified atom stereocenters. The van der Waals surface area contributed by atoms with Crippen LogP contribution in [0.5, 0.6) is 0 Å². The number of benzene rings is 1. The molecule has 2 aromatic rings. The van der Waals surface area contributed by atoms with Crippen LogP contribution in [0.15, 0.2) is 36.7 Å². The van der Waals surface area contributed by atoms with Crippen molar-refractivity contribution in [2.45, 2.75) is 18.9 Å². The quantitative estimate of drug-likeness (QED) is 0.889. The Labute approximate surface area is 137 Å². The summed E-state index contributed by atoms with van der Waals surface area (Å²) < 4.78 is 13.9. The molecule has 3 rings (SSSR count). The highest BCUT2D eigenvalue weighted by Gasteiger charge is 2.31. The number of hydrogen-bond acceptors (Lipinski definition) is 5. The summed E-state index contributed by atoms with van der Waals surface area (Å²) in [6.45, 7) is 0.446. The first-order valence-corrected chi connectivity index (χ1v) is 7.44. The van der Waals surface area contributed by atoms with Crippen LogP contribution in [0.25, 0.3) is 0 Å². The number of hydrogen-bond donors (Lipinski definition) is 2. The average molecular weight is 330 g/mol. The van der Waals surface area contributed by atoms with E-state index in [9.17, 15) is 14.0 Å². The van der Waals surface area contributed by atoms with Crippen molar-refractivity contribution in [3.8, 4) is 0 Å². The number of amides is 1. The Morgan fingerprint density at radius 2 is 2.08 bits per heavy atom. The molecule has 1 saturated heterocycles. The molecule has 1 aliphatic heterocycles. The van der Waals surface area contributed by atoms with Crippen molar-refractivity contribution in [3.05, 3.63) is 48.2 Å². The van der Waals surface area contributed by atoms with Gasteiger partial charge in [0.1, 0.15) is 17.7 Å². The summed E-state index contributed by atoms with van der Waals surface area (Å²) in [4.78, 5) is 32.5. The topological polar surface area (TPSA) is 95.4 Å².